The summed E-state index contributed by atoms with van der Waals surface area (Å²) < 4.78 is 0. The van der Waals surface area contributed by atoms with E-state index in [9.17, 15) is 9.90 Å². The van der Waals surface area contributed by atoms with E-state index in [-0.39, 0.29) is 5.56 Å². The van der Waals surface area contributed by atoms with Gasteiger partial charge in [-0.1, -0.05) is 0 Å². The van der Waals surface area contributed by atoms with Gasteiger partial charge in [0, 0.05) is 23.3 Å². The summed E-state index contributed by atoms with van der Waals surface area (Å²) in [6.07, 6.45) is 4.84. The standard InChI is InChI=1S/C13H10N4O2/c1-7-10(13(18)19)11(8-2-4-14-5-3-8)9-6-15-17-12(9)16-7/h2-6H,1H3,(H,18,19)(H,15,16,17). The molecule has 0 spiro atoms. The second-order valence-electron chi connectivity index (χ2n) is 4.12. The second kappa shape index (κ2) is 4.16. The Hall–Kier alpha value is -2.76. The third kappa shape index (κ3) is 1.74. The van der Waals surface area contributed by atoms with Crippen molar-refractivity contribution >= 4 is 17.0 Å². The number of pyridine rings is 2. The minimum Gasteiger partial charge on any atom is -0.478 e. The third-order valence-corrected chi connectivity index (χ3v) is 2.96. The van der Waals surface area contributed by atoms with Gasteiger partial charge in [-0.3, -0.25) is 10.1 Å². The Morgan fingerprint density at radius 3 is 2.74 bits per heavy atom. The molecule has 6 heteroatoms. The average molecular weight is 254 g/mol. The van der Waals surface area contributed by atoms with Crippen LogP contribution in [-0.4, -0.2) is 31.2 Å². The van der Waals surface area contributed by atoms with Gasteiger partial charge in [-0.2, -0.15) is 5.10 Å². The van der Waals surface area contributed by atoms with Gasteiger partial charge in [-0.15, -0.1) is 0 Å². The van der Waals surface area contributed by atoms with Gasteiger partial charge in [-0.25, -0.2) is 9.78 Å². The first kappa shape index (κ1) is 11.3. The Kier molecular flexibility index (Phi) is 2.49. The third-order valence-electron chi connectivity index (χ3n) is 2.96. The van der Waals surface area contributed by atoms with Crippen LogP contribution in [0.25, 0.3) is 22.2 Å². The molecule has 0 amide bonds. The minimum atomic E-state index is -1.00. The fourth-order valence-corrected chi connectivity index (χ4v) is 2.17. The highest BCUT2D eigenvalue weighted by Gasteiger charge is 2.20. The van der Waals surface area contributed by atoms with Crippen molar-refractivity contribution in [3.05, 3.63) is 42.0 Å². The minimum absolute atomic E-state index is 0.195. The van der Waals surface area contributed by atoms with Crippen molar-refractivity contribution < 1.29 is 9.90 Å². The first-order valence-electron chi connectivity index (χ1n) is 5.66. The summed E-state index contributed by atoms with van der Waals surface area (Å²) in [7, 11) is 0. The molecule has 2 N–H and O–H groups in total. The summed E-state index contributed by atoms with van der Waals surface area (Å²) in [5.74, 6) is -1.00. The van der Waals surface area contributed by atoms with Crippen molar-refractivity contribution in [2.45, 2.75) is 6.92 Å². The number of aromatic nitrogens is 4. The van der Waals surface area contributed by atoms with Gasteiger partial charge >= 0.3 is 5.97 Å². The lowest BCUT2D eigenvalue weighted by molar-refractivity contribution is 0.0696. The number of fused-ring (bicyclic) bond motifs is 1. The summed E-state index contributed by atoms with van der Waals surface area (Å²) in [4.78, 5) is 19.7. The van der Waals surface area contributed by atoms with E-state index in [2.05, 4.69) is 20.2 Å². The number of rotatable bonds is 2. The van der Waals surface area contributed by atoms with Crippen LogP contribution in [0.5, 0.6) is 0 Å². The maximum atomic E-state index is 11.5. The van der Waals surface area contributed by atoms with Crippen molar-refractivity contribution in [1.29, 1.82) is 0 Å². The highest BCUT2D eigenvalue weighted by molar-refractivity contribution is 6.06. The van der Waals surface area contributed by atoms with Crippen molar-refractivity contribution in [3.63, 3.8) is 0 Å². The lowest BCUT2D eigenvalue weighted by atomic mass is 9.97. The molecule has 6 nitrogen and oxygen atoms in total. The number of aryl methyl sites for hydroxylation is 1. The molecule has 0 saturated carbocycles. The van der Waals surface area contributed by atoms with E-state index >= 15 is 0 Å². The van der Waals surface area contributed by atoms with Crippen molar-refractivity contribution in [1.82, 2.24) is 20.2 Å². The summed E-state index contributed by atoms with van der Waals surface area (Å²) in [5.41, 5.74) is 2.63. The largest absolute Gasteiger partial charge is 0.478 e. The molecule has 0 aliphatic rings. The molecule has 0 aromatic carbocycles. The number of aromatic amines is 1. The maximum absolute atomic E-state index is 11.5. The molecule has 0 saturated heterocycles. The number of carbonyl (C=O) groups is 1. The molecule has 3 rings (SSSR count). The normalized spacial score (nSPS) is 10.8. The van der Waals surface area contributed by atoms with E-state index < -0.39 is 5.97 Å². The molecule has 3 aromatic heterocycles. The smallest absolute Gasteiger partial charge is 0.338 e. The van der Waals surface area contributed by atoms with Gasteiger partial charge in [0.05, 0.1) is 17.5 Å². The van der Waals surface area contributed by atoms with Crippen LogP contribution in [-0.2, 0) is 0 Å². The van der Waals surface area contributed by atoms with Gasteiger partial charge in [-0.05, 0) is 24.6 Å². The van der Waals surface area contributed by atoms with E-state index in [4.69, 9.17) is 0 Å². The first-order valence-corrected chi connectivity index (χ1v) is 5.66. The first-order chi connectivity index (χ1) is 9.18. The molecular formula is C13H10N4O2. The number of hydrogen-bond acceptors (Lipinski definition) is 4. The van der Waals surface area contributed by atoms with Crippen LogP contribution in [0.15, 0.2) is 30.7 Å². The monoisotopic (exact) mass is 254 g/mol. The number of carboxylic acids is 1. The zero-order valence-corrected chi connectivity index (χ0v) is 10.1. The molecule has 19 heavy (non-hydrogen) atoms. The van der Waals surface area contributed by atoms with Gasteiger partial charge < -0.3 is 5.11 Å². The fraction of sp³-hybridized carbons (Fsp3) is 0.0769. The molecule has 0 aliphatic heterocycles. The Balaban J connectivity index is 2.46. The van der Waals surface area contributed by atoms with E-state index in [1.165, 1.54) is 0 Å². The summed E-state index contributed by atoms with van der Waals surface area (Å²) >= 11 is 0. The van der Waals surface area contributed by atoms with Crippen LogP contribution in [0, 0.1) is 6.92 Å². The zero-order valence-electron chi connectivity index (χ0n) is 10.1. The predicted molar refractivity (Wildman–Crippen MR) is 68.8 cm³/mol. The predicted octanol–water partition coefficient (Wildman–Crippen LogP) is 2.03. The van der Waals surface area contributed by atoms with Gasteiger partial charge in [0.15, 0.2) is 5.65 Å². The van der Waals surface area contributed by atoms with Crippen LogP contribution in [0.2, 0.25) is 0 Å². The van der Waals surface area contributed by atoms with E-state index in [1.807, 2.05) is 0 Å². The van der Waals surface area contributed by atoms with Crippen LogP contribution in [0.1, 0.15) is 16.1 Å². The summed E-state index contributed by atoms with van der Waals surface area (Å²) in [6, 6.07) is 3.54. The number of nitrogens with zero attached hydrogens (tertiary/aromatic N) is 3. The molecule has 0 bridgehead atoms. The van der Waals surface area contributed by atoms with E-state index in [0.29, 0.717) is 22.3 Å². The maximum Gasteiger partial charge on any atom is 0.338 e. The number of H-pyrrole nitrogens is 1. The van der Waals surface area contributed by atoms with Gasteiger partial charge in [0.2, 0.25) is 0 Å². The van der Waals surface area contributed by atoms with Crippen molar-refractivity contribution in [2.75, 3.05) is 0 Å². The quantitative estimate of drug-likeness (QED) is 0.730. The number of nitrogens with one attached hydrogen (secondary N) is 1. The topological polar surface area (TPSA) is 91.8 Å². The molecule has 0 radical (unpaired) electrons. The van der Waals surface area contributed by atoms with E-state index in [0.717, 1.165) is 5.56 Å². The molecule has 3 heterocycles. The zero-order chi connectivity index (χ0) is 13.4. The van der Waals surface area contributed by atoms with E-state index in [1.54, 1.807) is 37.6 Å². The molecule has 0 fully saturated rings. The highest BCUT2D eigenvalue weighted by atomic mass is 16.4. The molecule has 0 unspecified atom stereocenters. The second-order valence-corrected chi connectivity index (χ2v) is 4.12. The molecule has 0 aliphatic carbocycles. The van der Waals surface area contributed by atoms with Crippen molar-refractivity contribution in [3.8, 4) is 11.1 Å². The van der Waals surface area contributed by atoms with Crippen LogP contribution >= 0.6 is 0 Å². The van der Waals surface area contributed by atoms with Gasteiger partial charge in [0.25, 0.3) is 0 Å². The Bertz CT molecular complexity index is 765. The number of aromatic carboxylic acids is 1. The Labute approximate surface area is 108 Å². The summed E-state index contributed by atoms with van der Waals surface area (Å²) in [5, 5.41) is 16.8. The SMILES string of the molecule is Cc1nc2[nH]ncc2c(-c2ccncc2)c1C(=O)O. The van der Waals surface area contributed by atoms with Crippen LogP contribution in [0.3, 0.4) is 0 Å². The molecule has 3 aromatic rings. The summed E-state index contributed by atoms with van der Waals surface area (Å²) in [6.45, 7) is 1.68. The molecule has 94 valence electrons. The Morgan fingerprint density at radius 1 is 1.32 bits per heavy atom. The van der Waals surface area contributed by atoms with Crippen LogP contribution in [0.4, 0.5) is 0 Å². The molecular weight excluding hydrogens is 244 g/mol. The van der Waals surface area contributed by atoms with Crippen LogP contribution < -0.4 is 0 Å². The Morgan fingerprint density at radius 2 is 2.05 bits per heavy atom. The highest BCUT2D eigenvalue weighted by Crippen LogP contribution is 2.31. The number of hydrogen-bond donors (Lipinski definition) is 2. The lowest BCUT2D eigenvalue weighted by Gasteiger charge is -2.09. The fourth-order valence-electron chi connectivity index (χ4n) is 2.17. The molecule has 0 atom stereocenters. The van der Waals surface area contributed by atoms with Gasteiger partial charge in [0.1, 0.15) is 0 Å². The number of carboxylic acid groups (broad SMARTS) is 1. The van der Waals surface area contributed by atoms with Crippen molar-refractivity contribution in [2.24, 2.45) is 0 Å². The average Bonchev–Trinajstić information content (AvgIpc) is 2.85. The lowest BCUT2D eigenvalue weighted by Crippen LogP contribution is -2.05.